The van der Waals surface area contributed by atoms with Crippen LogP contribution < -0.4 is 5.32 Å². The largest absolute Gasteiger partial charge is 0.353 e. The quantitative estimate of drug-likeness (QED) is 0.399. The molecule has 0 saturated heterocycles. The van der Waals surface area contributed by atoms with E-state index in [2.05, 4.69) is 47.7 Å². The van der Waals surface area contributed by atoms with Gasteiger partial charge >= 0.3 is 5.69 Å². The monoisotopic (exact) mass is 360 g/mol. The lowest BCUT2D eigenvalue weighted by Gasteiger charge is -2.13. The lowest BCUT2D eigenvalue weighted by atomic mass is 9.99. The minimum atomic E-state index is -0.501. The maximum atomic E-state index is 11.2. The normalized spacial score (nSPS) is 10.9. The molecule has 0 atom stereocenters. The highest BCUT2D eigenvalue weighted by atomic mass is 16.6. The van der Waals surface area contributed by atoms with Crippen LogP contribution in [0.2, 0.25) is 0 Å². The number of hydrogen-bond acceptors (Lipinski definition) is 6. The Labute approximate surface area is 154 Å². The van der Waals surface area contributed by atoms with Crippen LogP contribution in [0.25, 0.3) is 22.2 Å². The number of nitrogens with one attached hydrogen (secondary N) is 1. The van der Waals surface area contributed by atoms with E-state index in [9.17, 15) is 10.1 Å². The predicted molar refractivity (Wildman–Crippen MR) is 103 cm³/mol. The second kappa shape index (κ2) is 6.53. The molecule has 7 heteroatoms. The maximum absolute atomic E-state index is 11.2. The molecule has 1 aromatic heterocycles. The number of aryl methyl sites for hydroxylation is 2. The summed E-state index contributed by atoms with van der Waals surface area (Å²) in [7, 11) is 0. The van der Waals surface area contributed by atoms with Crippen molar-refractivity contribution in [3.63, 3.8) is 0 Å². The molecule has 0 radical (unpaired) electrons. The fourth-order valence-corrected chi connectivity index (χ4v) is 3.00. The van der Waals surface area contributed by atoms with Gasteiger partial charge in [0.2, 0.25) is 5.52 Å². The summed E-state index contributed by atoms with van der Waals surface area (Å²) in [5.41, 5.74) is 6.29. The van der Waals surface area contributed by atoms with Gasteiger partial charge in [0.05, 0.1) is 10.6 Å². The zero-order valence-electron chi connectivity index (χ0n) is 14.8. The highest BCUT2D eigenvalue weighted by molar-refractivity contribution is 5.96. The van der Waals surface area contributed by atoms with Crippen LogP contribution >= 0.6 is 0 Å². The number of fused-ring (bicyclic) bond motifs is 1. The van der Waals surface area contributed by atoms with Gasteiger partial charge in [-0.3, -0.25) is 10.1 Å². The molecule has 0 aliphatic heterocycles. The summed E-state index contributed by atoms with van der Waals surface area (Å²) in [6, 6.07) is 17.2. The molecule has 27 heavy (non-hydrogen) atoms. The molecule has 7 nitrogen and oxygen atoms in total. The van der Waals surface area contributed by atoms with Gasteiger partial charge in [-0.15, -0.1) is 0 Å². The molecule has 0 spiro atoms. The van der Waals surface area contributed by atoms with E-state index in [1.54, 1.807) is 6.07 Å². The number of nitrogens with zero attached hydrogens (tertiary/aromatic N) is 3. The number of nitro groups is 1. The fourth-order valence-electron chi connectivity index (χ4n) is 3.00. The van der Waals surface area contributed by atoms with E-state index in [1.165, 1.54) is 17.2 Å². The van der Waals surface area contributed by atoms with Crippen molar-refractivity contribution in [1.82, 2.24) is 10.3 Å². The number of hydrogen-bond donors (Lipinski definition) is 1. The van der Waals surface area contributed by atoms with Crippen molar-refractivity contribution in [1.29, 1.82) is 0 Å². The van der Waals surface area contributed by atoms with Crippen molar-refractivity contribution in [2.24, 2.45) is 0 Å². The lowest BCUT2D eigenvalue weighted by molar-refractivity contribution is -0.383. The van der Waals surface area contributed by atoms with Crippen LogP contribution in [0.1, 0.15) is 11.1 Å². The Morgan fingerprint density at radius 2 is 1.70 bits per heavy atom. The Balaban J connectivity index is 1.79. The Morgan fingerprint density at radius 3 is 2.48 bits per heavy atom. The molecule has 4 rings (SSSR count). The highest BCUT2D eigenvalue weighted by Gasteiger charge is 2.20. The highest BCUT2D eigenvalue weighted by Crippen LogP contribution is 2.35. The molecule has 1 heterocycles. The lowest BCUT2D eigenvalue weighted by Crippen LogP contribution is -1.96. The number of para-hydroxylation sites is 1. The van der Waals surface area contributed by atoms with Crippen LogP contribution in [-0.2, 0) is 0 Å². The smallest absolute Gasteiger partial charge is 0.300 e. The molecule has 0 saturated carbocycles. The summed E-state index contributed by atoms with van der Waals surface area (Å²) in [5, 5.41) is 22.0. The number of nitro benzene ring substituents is 1. The predicted octanol–water partition coefficient (Wildman–Crippen LogP) is 5.16. The van der Waals surface area contributed by atoms with E-state index in [4.69, 9.17) is 4.63 Å². The van der Waals surface area contributed by atoms with Crippen LogP contribution in [0.3, 0.4) is 0 Å². The van der Waals surface area contributed by atoms with Crippen LogP contribution in [0.15, 0.2) is 59.2 Å². The second-order valence-electron chi connectivity index (χ2n) is 6.32. The molecule has 0 aliphatic carbocycles. The third-order valence-corrected chi connectivity index (χ3v) is 4.61. The first-order valence-electron chi connectivity index (χ1n) is 8.38. The minimum absolute atomic E-state index is 0.119. The number of aromatic nitrogens is 2. The van der Waals surface area contributed by atoms with E-state index in [0.717, 1.165) is 16.8 Å². The molecular formula is C20H16N4O3. The average molecular weight is 360 g/mol. The summed E-state index contributed by atoms with van der Waals surface area (Å²) in [6.45, 7) is 4.16. The molecule has 0 amide bonds. The van der Waals surface area contributed by atoms with E-state index in [1.807, 2.05) is 24.3 Å². The van der Waals surface area contributed by atoms with E-state index in [-0.39, 0.29) is 11.2 Å². The molecule has 0 aliphatic rings. The summed E-state index contributed by atoms with van der Waals surface area (Å²) >= 11 is 0. The van der Waals surface area contributed by atoms with E-state index in [0.29, 0.717) is 11.2 Å². The number of anilines is 2. The molecule has 3 aromatic carbocycles. The molecule has 1 N–H and O–H groups in total. The van der Waals surface area contributed by atoms with Gasteiger partial charge in [0.25, 0.3) is 0 Å². The summed E-state index contributed by atoms with van der Waals surface area (Å²) in [4.78, 5) is 10.7. The number of non-ortho nitro benzene ring substituents is 1. The van der Waals surface area contributed by atoms with Crippen molar-refractivity contribution in [2.75, 3.05) is 5.32 Å². The summed E-state index contributed by atoms with van der Waals surface area (Å²) in [6.07, 6.45) is 0. The molecule has 134 valence electrons. The van der Waals surface area contributed by atoms with Gasteiger partial charge in [-0.2, -0.15) is 0 Å². The first-order chi connectivity index (χ1) is 13.0. The topological polar surface area (TPSA) is 94.1 Å². The fraction of sp³-hybridized carbons (Fsp3) is 0.100. The van der Waals surface area contributed by atoms with Crippen molar-refractivity contribution < 1.29 is 9.55 Å². The van der Waals surface area contributed by atoms with Crippen molar-refractivity contribution in [3.05, 3.63) is 75.8 Å². The average Bonchev–Trinajstić information content (AvgIpc) is 3.14. The van der Waals surface area contributed by atoms with Gasteiger partial charge in [-0.1, -0.05) is 36.4 Å². The Bertz CT molecular complexity index is 1170. The van der Waals surface area contributed by atoms with Gasteiger partial charge < -0.3 is 5.32 Å². The molecule has 0 fully saturated rings. The third-order valence-electron chi connectivity index (χ3n) is 4.61. The standard InChI is InChI=1S/C20H16N4O3/c1-12-7-8-14(11-13(12)2)15-5-3-4-6-16(15)21-17-9-10-18(24(25)26)20-19(17)22-27-23-20/h3-11,21H,1-2H3. The van der Waals surface area contributed by atoms with E-state index < -0.39 is 4.92 Å². The van der Waals surface area contributed by atoms with Gasteiger partial charge in [-0.25, -0.2) is 4.63 Å². The van der Waals surface area contributed by atoms with Crippen molar-refractivity contribution in [2.45, 2.75) is 13.8 Å². The first kappa shape index (κ1) is 16.7. The van der Waals surface area contributed by atoms with Crippen molar-refractivity contribution in [3.8, 4) is 11.1 Å². The summed E-state index contributed by atoms with van der Waals surface area (Å²) < 4.78 is 4.73. The van der Waals surface area contributed by atoms with Gasteiger partial charge in [0.15, 0.2) is 5.52 Å². The Morgan fingerprint density at radius 1 is 0.926 bits per heavy atom. The Kier molecular flexibility index (Phi) is 4.04. The Hall–Kier alpha value is -3.74. The van der Waals surface area contributed by atoms with E-state index >= 15 is 0 Å². The second-order valence-corrected chi connectivity index (χ2v) is 6.32. The van der Waals surface area contributed by atoms with Crippen LogP contribution in [0, 0.1) is 24.0 Å². The zero-order valence-corrected chi connectivity index (χ0v) is 14.8. The van der Waals surface area contributed by atoms with Crippen LogP contribution in [-0.4, -0.2) is 15.2 Å². The zero-order chi connectivity index (χ0) is 19.0. The number of benzene rings is 3. The molecule has 0 unspecified atom stereocenters. The molecular weight excluding hydrogens is 344 g/mol. The van der Waals surface area contributed by atoms with Gasteiger partial charge in [0.1, 0.15) is 0 Å². The van der Waals surface area contributed by atoms with Crippen LogP contribution in [0.4, 0.5) is 17.1 Å². The number of rotatable bonds is 4. The maximum Gasteiger partial charge on any atom is 0.300 e. The van der Waals surface area contributed by atoms with Gasteiger partial charge in [0, 0.05) is 17.3 Å². The summed E-state index contributed by atoms with van der Waals surface area (Å²) in [5.74, 6) is 0. The first-order valence-corrected chi connectivity index (χ1v) is 8.38. The SMILES string of the molecule is Cc1ccc(-c2ccccc2Nc2ccc([N+](=O)[O-])c3nonc23)cc1C. The minimum Gasteiger partial charge on any atom is -0.353 e. The third kappa shape index (κ3) is 2.99. The molecule has 4 aromatic rings. The molecule has 0 bridgehead atoms. The van der Waals surface area contributed by atoms with Crippen LogP contribution in [0.5, 0.6) is 0 Å². The van der Waals surface area contributed by atoms with Gasteiger partial charge in [-0.05, 0) is 53.0 Å². The van der Waals surface area contributed by atoms with Crippen molar-refractivity contribution >= 4 is 28.1 Å².